The number of amides is 1. The lowest BCUT2D eigenvalue weighted by atomic mass is 9.95. The summed E-state index contributed by atoms with van der Waals surface area (Å²) in [4.78, 5) is 11.7. The lowest BCUT2D eigenvalue weighted by Crippen LogP contribution is -2.31. The zero-order valence-corrected chi connectivity index (χ0v) is 12.7. The van der Waals surface area contributed by atoms with Crippen molar-refractivity contribution in [2.75, 3.05) is 19.6 Å². The molecule has 0 radical (unpaired) electrons. The Balaban J connectivity index is 1.87. The first kappa shape index (κ1) is 16.5. The summed E-state index contributed by atoms with van der Waals surface area (Å²) in [6, 6.07) is 0. The van der Waals surface area contributed by atoms with Gasteiger partial charge in [0.15, 0.2) is 0 Å². The SMILES string of the molecule is CCCCCCCCC(=O)NCCC1CCNCC1. The summed E-state index contributed by atoms with van der Waals surface area (Å²) < 4.78 is 0. The first-order valence-electron chi connectivity index (χ1n) is 8.30. The van der Waals surface area contributed by atoms with E-state index in [0.29, 0.717) is 0 Å². The summed E-state index contributed by atoms with van der Waals surface area (Å²) in [6.45, 7) is 5.40. The number of unbranched alkanes of at least 4 members (excludes halogenated alkanes) is 5. The van der Waals surface area contributed by atoms with Gasteiger partial charge in [-0.05, 0) is 44.7 Å². The minimum absolute atomic E-state index is 0.254. The molecule has 0 aromatic carbocycles. The molecule has 1 amide bonds. The molecule has 1 saturated heterocycles. The van der Waals surface area contributed by atoms with Crippen molar-refractivity contribution >= 4 is 5.91 Å². The molecule has 1 heterocycles. The van der Waals surface area contributed by atoms with Gasteiger partial charge in [0, 0.05) is 13.0 Å². The van der Waals surface area contributed by atoms with E-state index in [1.165, 1.54) is 44.9 Å². The van der Waals surface area contributed by atoms with Crippen LogP contribution in [0.25, 0.3) is 0 Å². The molecule has 2 N–H and O–H groups in total. The van der Waals surface area contributed by atoms with Crippen LogP contribution in [0.5, 0.6) is 0 Å². The van der Waals surface area contributed by atoms with Crippen molar-refractivity contribution in [2.24, 2.45) is 5.92 Å². The lowest BCUT2D eigenvalue weighted by Gasteiger charge is -2.22. The van der Waals surface area contributed by atoms with Gasteiger partial charge in [0.05, 0.1) is 0 Å². The largest absolute Gasteiger partial charge is 0.356 e. The molecule has 3 heteroatoms. The Labute approximate surface area is 118 Å². The molecule has 0 aromatic rings. The summed E-state index contributed by atoms with van der Waals surface area (Å²) in [5.74, 6) is 1.07. The third-order valence-corrected chi connectivity index (χ3v) is 4.09. The van der Waals surface area contributed by atoms with E-state index in [1.807, 2.05) is 0 Å². The number of rotatable bonds is 10. The summed E-state index contributed by atoms with van der Waals surface area (Å²) in [7, 11) is 0. The molecule has 0 bridgehead atoms. The molecule has 1 rings (SSSR count). The Morgan fingerprint density at radius 1 is 1.11 bits per heavy atom. The van der Waals surface area contributed by atoms with E-state index in [1.54, 1.807) is 0 Å². The minimum Gasteiger partial charge on any atom is -0.356 e. The molecule has 0 aromatic heterocycles. The molecular formula is C16H32N2O. The van der Waals surface area contributed by atoms with Gasteiger partial charge in [-0.1, -0.05) is 39.0 Å². The molecule has 1 aliphatic heterocycles. The maximum atomic E-state index is 11.7. The van der Waals surface area contributed by atoms with Crippen molar-refractivity contribution in [3.05, 3.63) is 0 Å². The molecule has 0 atom stereocenters. The molecule has 19 heavy (non-hydrogen) atoms. The summed E-state index contributed by atoms with van der Waals surface area (Å²) in [6.07, 6.45) is 11.9. The van der Waals surface area contributed by atoms with Crippen LogP contribution in [-0.2, 0) is 4.79 Å². The zero-order chi connectivity index (χ0) is 13.8. The second-order valence-electron chi connectivity index (χ2n) is 5.85. The van der Waals surface area contributed by atoms with Gasteiger partial charge in [0.2, 0.25) is 5.91 Å². The van der Waals surface area contributed by atoms with Gasteiger partial charge < -0.3 is 10.6 Å². The van der Waals surface area contributed by atoms with E-state index in [4.69, 9.17) is 0 Å². The normalized spacial score (nSPS) is 16.5. The molecule has 0 aliphatic carbocycles. The highest BCUT2D eigenvalue weighted by Gasteiger charge is 2.12. The molecule has 0 saturated carbocycles. The van der Waals surface area contributed by atoms with Crippen LogP contribution in [-0.4, -0.2) is 25.5 Å². The molecular weight excluding hydrogens is 236 g/mol. The van der Waals surface area contributed by atoms with E-state index < -0.39 is 0 Å². The van der Waals surface area contributed by atoms with Crippen LogP contribution in [0.3, 0.4) is 0 Å². The van der Waals surface area contributed by atoms with Crippen LogP contribution >= 0.6 is 0 Å². The fourth-order valence-corrected chi connectivity index (χ4v) is 2.74. The molecule has 112 valence electrons. The lowest BCUT2D eigenvalue weighted by molar-refractivity contribution is -0.121. The topological polar surface area (TPSA) is 41.1 Å². The third-order valence-electron chi connectivity index (χ3n) is 4.09. The summed E-state index contributed by atoms with van der Waals surface area (Å²) >= 11 is 0. The number of piperidine rings is 1. The van der Waals surface area contributed by atoms with Crippen molar-refractivity contribution in [3.8, 4) is 0 Å². The maximum Gasteiger partial charge on any atom is 0.219 e. The van der Waals surface area contributed by atoms with E-state index in [9.17, 15) is 4.79 Å². The summed E-state index contributed by atoms with van der Waals surface area (Å²) in [5, 5.41) is 6.45. The smallest absolute Gasteiger partial charge is 0.219 e. The number of carbonyl (C=O) groups is 1. The van der Waals surface area contributed by atoms with Crippen LogP contribution in [0.2, 0.25) is 0 Å². The molecule has 0 unspecified atom stereocenters. The van der Waals surface area contributed by atoms with Crippen molar-refractivity contribution in [3.63, 3.8) is 0 Å². The van der Waals surface area contributed by atoms with Crippen molar-refractivity contribution in [1.82, 2.24) is 10.6 Å². The van der Waals surface area contributed by atoms with Crippen LogP contribution < -0.4 is 10.6 Å². The average Bonchev–Trinajstić information content (AvgIpc) is 2.44. The van der Waals surface area contributed by atoms with Gasteiger partial charge in [0.1, 0.15) is 0 Å². The Bertz CT molecular complexity index is 225. The van der Waals surface area contributed by atoms with E-state index in [2.05, 4.69) is 17.6 Å². The van der Waals surface area contributed by atoms with Crippen LogP contribution in [0.1, 0.15) is 71.1 Å². The molecule has 0 spiro atoms. The molecule has 3 nitrogen and oxygen atoms in total. The Morgan fingerprint density at radius 2 is 1.79 bits per heavy atom. The van der Waals surface area contributed by atoms with Gasteiger partial charge in [0.25, 0.3) is 0 Å². The van der Waals surface area contributed by atoms with Crippen molar-refractivity contribution in [2.45, 2.75) is 71.1 Å². The highest BCUT2D eigenvalue weighted by molar-refractivity contribution is 5.75. The zero-order valence-electron chi connectivity index (χ0n) is 12.7. The van der Waals surface area contributed by atoms with E-state index in [-0.39, 0.29) is 5.91 Å². The summed E-state index contributed by atoms with van der Waals surface area (Å²) in [5.41, 5.74) is 0. The van der Waals surface area contributed by atoms with Crippen LogP contribution in [0.4, 0.5) is 0 Å². The first-order chi connectivity index (χ1) is 9.33. The monoisotopic (exact) mass is 268 g/mol. The highest BCUT2D eigenvalue weighted by Crippen LogP contribution is 2.14. The molecule has 1 fully saturated rings. The fraction of sp³-hybridized carbons (Fsp3) is 0.938. The van der Waals surface area contributed by atoms with Crippen LogP contribution in [0, 0.1) is 5.92 Å². The minimum atomic E-state index is 0.254. The van der Waals surface area contributed by atoms with Gasteiger partial charge in [-0.3, -0.25) is 4.79 Å². The highest BCUT2D eigenvalue weighted by atomic mass is 16.1. The predicted octanol–water partition coefficient (Wildman–Crippen LogP) is 3.24. The third kappa shape index (κ3) is 9.04. The van der Waals surface area contributed by atoms with Gasteiger partial charge in [-0.2, -0.15) is 0 Å². The quantitative estimate of drug-likeness (QED) is 0.597. The van der Waals surface area contributed by atoms with E-state index >= 15 is 0 Å². The fourth-order valence-electron chi connectivity index (χ4n) is 2.74. The number of carbonyl (C=O) groups excluding carboxylic acids is 1. The second kappa shape index (κ2) is 11.3. The van der Waals surface area contributed by atoms with Crippen molar-refractivity contribution in [1.29, 1.82) is 0 Å². The predicted molar refractivity (Wildman–Crippen MR) is 81.2 cm³/mol. The number of hydrogen-bond donors (Lipinski definition) is 2. The number of hydrogen-bond acceptors (Lipinski definition) is 2. The van der Waals surface area contributed by atoms with Crippen LogP contribution in [0.15, 0.2) is 0 Å². The molecule has 1 aliphatic rings. The average molecular weight is 268 g/mol. The van der Waals surface area contributed by atoms with Gasteiger partial charge >= 0.3 is 0 Å². The Kier molecular flexibility index (Phi) is 9.78. The van der Waals surface area contributed by atoms with Gasteiger partial charge in [-0.25, -0.2) is 0 Å². The van der Waals surface area contributed by atoms with Gasteiger partial charge in [-0.15, -0.1) is 0 Å². The standard InChI is InChI=1S/C16H32N2O/c1-2-3-4-5-6-7-8-16(19)18-14-11-15-9-12-17-13-10-15/h15,17H,2-14H2,1H3,(H,18,19). The number of nitrogens with one attached hydrogen (secondary N) is 2. The van der Waals surface area contributed by atoms with E-state index in [0.717, 1.165) is 44.8 Å². The maximum absolute atomic E-state index is 11.7. The Hall–Kier alpha value is -0.570. The Morgan fingerprint density at radius 3 is 2.53 bits per heavy atom. The second-order valence-corrected chi connectivity index (χ2v) is 5.85. The first-order valence-corrected chi connectivity index (χ1v) is 8.30. The van der Waals surface area contributed by atoms with Crippen molar-refractivity contribution < 1.29 is 4.79 Å².